The van der Waals surface area contributed by atoms with E-state index in [1.165, 1.54) is 26.2 Å². The third-order valence-electron chi connectivity index (χ3n) is 6.63. The van der Waals surface area contributed by atoms with E-state index in [1.54, 1.807) is 17.0 Å². The Kier molecular flexibility index (Phi) is 7.82. The summed E-state index contributed by atoms with van der Waals surface area (Å²) in [4.78, 5) is 44.9. The number of hydrogen-bond donors (Lipinski definition) is 1. The van der Waals surface area contributed by atoms with Crippen molar-refractivity contribution in [2.24, 2.45) is 0 Å². The molecule has 0 bridgehead atoms. The van der Waals surface area contributed by atoms with Crippen LogP contribution in [0.15, 0.2) is 42.5 Å². The number of hydrogen-bond acceptors (Lipinski definition) is 7. The van der Waals surface area contributed by atoms with E-state index >= 15 is 0 Å². The second kappa shape index (κ2) is 11.2. The van der Waals surface area contributed by atoms with E-state index in [1.807, 2.05) is 18.2 Å². The molecule has 1 N–H and O–H groups in total. The van der Waals surface area contributed by atoms with Gasteiger partial charge in [-0.3, -0.25) is 14.4 Å². The molecule has 2 aromatic rings. The first-order valence-electron chi connectivity index (χ1n) is 11.9. The lowest BCUT2D eigenvalue weighted by atomic mass is 10.0. The van der Waals surface area contributed by atoms with Gasteiger partial charge in [-0.25, -0.2) is 0 Å². The maximum Gasteiger partial charge on any atom is 0.254 e. The summed E-state index contributed by atoms with van der Waals surface area (Å²) in [5.74, 6) is 0.187. The summed E-state index contributed by atoms with van der Waals surface area (Å²) in [7, 11) is 4.43. The predicted octanol–water partition coefficient (Wildman–Crippen LogP) is 1.39. The Hall–Kier alpha value is -3.95. The van der Waals surface area contributed by atoms with Crippen LogP contribution in [0.4, 0.5) is 5.69 Å². The molecule has 0 aliphatic carbocycles. The van der Waals surface area contributed by atoms with Crippen LogP contribution in [0.3, 0.4) is 0 Å². The summed E-state index contributed by atoms with van der Waals surface area (Å²) in [6.07, 6.45) is -0.0761. The first-order chi connectivity index (χ1) is 17.5. The molecule has 36 heavy (non-hydrogen) atoms. The zero-order valence-corrected chi connectivity index (χ0v) is 20.9. The van der Waals surface area contributed by atoms with Crippen LogP contribution in [-0.2, 0) is 9.59 Å². The smallest absolute Gasteiger partial charge is 0.254 e. The van der Waals surface area contributed by atoms with Crippen LogP contribution in [-0.4, -0.2) is 94.2 Å². The molecule has 2 aromatic carbocycles. The van der Waals surface area contributed by atoms with Crippen LogP contribution in [0.2, 0.25) is 0 Å². The molecule has 2 aliphatic heterocycles. The van der Waals surface area contributed by atoms with Crippen LogP contribution in [0.5, 0.6) is 17.2 Å². The van der Waals surface area contributed by atoms with Gasteiger partial charge >= 0.3 is 0 Å². The third-order valence-corrected chi connectivity index (χ3v) is 6.63. The lowest BCUT2D eigenvalue weighted by molar-refractivity contribution is -0.138. The number of rotatable bonds is 7. The maximum atomic E-state index is 13.5. The summed E-state index contributed by atoms with van der Waals surface area (Å²) in [6.45, 7) is 3.14. The summed E-state index contributed by atoms with van der Waals surface area (Å²) in [5.41, 5.74) is 1.41. The average molecular weight is 497 g/mol. The molecule has 2 saturated heterocycles. The second-order valence-electron chi connectivity index (χ2n) is 8.63. The predicted molar refractivity (Wildman–Crippen MR) is 134 cm³/mol. The fourth-order valence-corrected chi connectivity index (χ4v) is 4.68. The molecule has 1 atom stereocenters. The van der Waals surface area contributed by atoms with E-state index in [9.17, 15) is 14.4 Å². The maximum absolute atomic E-state index is 13.5. The average Bonchev–Trinajstić information content (AvgIpc) is 2.93. The molecule has 0 saturated carbocycles. The van der Waals surface area contributed by atoms with Crippen molar-refractivity contribution in [2.45, 2.75) is 12.5 Å². The molecule has 0 radical (unpaired) electrons. The molecule has 0 aromatic heterocycles. The molecule has 10 nitrogen and oxygen atoms in total. The minimum absolute atomic E-state index is 0.0761. The lowest BCUT2D eigenvalue weighted by Crippen LogP contribution is -2.59. The monoisotopic (exact) mass is 496 g/mol. The first-order valence-corrected chi connectivity index (χ1v) is 11.9. The molecule has 192 valence electrons. The minimum Gasteiger partial charge on any atom is -0.493 e. The van der Waals surface area contributed by atoms with Crippen molar-refractivity contribution in [2.75, 3.05) is 65.5 Å². The largest absolute Gasteiger partial charge is 0.493 e. The van der Waals surface area contributed by atoms with Gasteiger partial charge in [0.05, 0.1) is 27.8 Å². The number of amides is 3. The quantitative estimate of drug-likeness (QED) is 0.618. The highest BCUT2D eigenvalue weighted by Crippen LogP contribution is 2.38. The summed E-state index contributed by atoms with van der Waals surface area (Å²) in [6, 6.07) is 12.3. The summed E-state index contributed by atoms with van der Waals surface area (Å²) < 4.78 is 16.1. The minimum atomic E-state index is -0.898. The highest BCUT2D eigenvalue weighted by molar-refractivity contribution is 6.00. The molecule has 4 rings (SSSR count). The van der Waals surface area contributed by atoms with Gasteiger partial charge in [-0.15, -0.1) is 0 Å². The highest BCUT2D eigenvalue weighted by atomic mass is 16.5. The molecule has 0 unspecified atom stereocenters. The molecular weight excluding hydrogens is 464 g/mol. The van der Waals surface area contributed by atoms with Crippen LogP contribution < -0.4 is 24.4 Å². The number of benzene rings is 2. The van der Waals surface area contributed by atoms with Crippen LogP contribution in [0.1, 0.15) is 16.8 Å². The fourth-order valence-electron chi connectivity index (χ4n) is 4.68. The fraction of sp³-hybridized carbons (Fsp3) is 0.423. The highest BCUT2D eigenvalue weighted by Gasteiger charge is 2.37. The molecule has 2 heterocycles. The number of methoxy groups -OCH3 is 3. The van der Waals surface area contributed by atoms with Crippen LogP contribution >= 0.6 is 0 Å². The Labute approximate surface area is 210 Å². The number of ether oxygens (including phenoxy) is 3. The van der Waals surface area contributed by atoms with Gasteiger partial charge in [0.15, 0.2) is 11.5 Å². The Balaban J connectivity index is 1.47. The van der Waals surface area contributed by atoms with Gasteiger partial charge in [0.2, 0.25) is 17.6 Å². The molecular formula is C26H32N4O6. The first kappa shape index (κ1) is 25.2. The molecule has 0 spiro atoms. The topological polar surface area (TPSA) is 101 Å². The van der Waals surface area contributed by atoms with Gasteiger partial charge in [-0.1, -0.05) is 18.2 Å². The Bertz CT molecular complexity index is 1080. The van der Waals surface area contributed by atoms with E-state index in [0.717, 1.165) is 5.69 Å². The zero-order chi connectivity index (χ0) is 25.7. The number of carbonyl (C=O) groups excluding carboxylic acids is 3. The van der Waals surface area contributed by atoms with Crippen LogP contribution in [0, 0.1) is 0 Å². The summed E-state index contributed by atoms with van der Waals surface area (Å²) in [5, 5.41) is 2.79. The van der Waals surface area contributed by atoms with Crippen molar-refractivity contribution in [3.63, 3.8) is 0 Å². The van der Waals surface area contributed by atoms with E-state index in [4.69, 9.17) is 14.2 Å². The van der Waals surface area contributed by atoms with E-state index in [-0.39, 0.29) is 29.7 Å². The number of nitrogens with one attached hydrogen (secondary N) is 1. The van der Waals surface area contributed by atoms with E-state index in [0.29, 0.717) is 56.5 Å². The van der Waals surface area contributed by atoms with Gasteiger partial charge < -0.3 is 34.2 Å². The van der Waals surface area contributed by atoms with Gasteiger partial charge in [0.25, 0.3) is 5.91 Å². The van der Waals surface area contributed by atoms with Gasteiger partial charge in [0.1, 0.15) is 6.04 Å². The Morgan fingerprint density at radius 1 is 0.917 bits per heavy atom. The van der Waals surface area contributed by atoms with Crippen molar-refractivity contribution >= 4 is 23.4 Å². The zero-order valence-electron chi connectivity index (χ0n) is 20.9. The van der Waals surface area contributed by atoms with Crippen molar-refractivity contribution < 1.29 is 28.6 Å². The van der Waals surface area contributed by atoms with Crippen molar-refractivity contribution in [1.82, 2.24) is 15.1 Å². The summed E-state index contributed by atoms with van der Waals surface area (Å²) >= 11 is 0. The van der Waals surface area contributed by atoms with Gasteiger partial charge in [0, 0.05) is 50.5 Å². The second-order valence-corrected chi connectivity index (χ2v) is 8.63. The SMILES string of the molecule is COc1cc(C(=O)N2CCNC(=O)[C@H]2CC(=O)N2CCN(c3ccccc3)CC2)cc(OC)c1OC. The number of anilines is 1. The van der Waals surface area contributed by atoms with E-state index < -0.39 is 6.04 Å². The Morgan fingerprint density at radius 3 is 2.14 bits per heavy atom. The van der Waals surface area contributed by atoms with Crippen molar-refractivity contribution in [3.05, 3.63) is 48.0 Å². The number of nitrogens with zero attached hydrogens (tertiary/aromatic N) is 3. The van der Waals surface area contributed by atoms with Crippen LogP contribution in [0.25, 0.3) is 0 Å². The lowest BCUT2D eigenvalue weighted by Gasteiger charge is -2.39. The normalized spacial score (nSPS) is 17.9. The Morgan fingerprint density at radius 2 is 1.56 bits per heavy atom. The van der Waals surface area contributed by atoms with Gasteiger partial charge in [-0.2, -0.15) is 0 Å². The number of piperazine rings is 2. The molecule has 10 heteroatoms. The van der Waals surface area contributed by atoms with E-state index in [2.05, 4.69) is 22.3 Å². The van der Waals surface area contributed by atoms with Gasteiger partial charge in [-0.05, 0) is 24.3 Å². The number of para-hydroxylation sites is 1. The standard InChI is InChI=1S/C26H32N4O6/c1-34-21-15-18(16-22(35-2)24(21)36-3)26(33)30-10-9-27-25(32)20(30)17-23(31)29-13-11-28(12-14-29)19-7-5-4-6-8-19/h4-8,15-16,20H,9-14,17H2,1-3H3,(H,27,32)/t20-/m1/s1. The van der Waals surface area contributed by atoms with Crippen molar-refractivity contribution in [3.8, 4) is 17.2 Å². The molecule has 2 aliphatic rings. The molecule has 2 fully saturated rings. The number of carbonyl (C=O) groups is 3. The van der Waals surface area contributed by atoms with Crippen molar-refractivity contribution in [1.29, 1.82) is 0 Å². The molecule has 3 amide bonds. The third kappa shape index (κ3) is 5.17.